The van der Waals surface area contributed by atoms with Gasteiger partial charge in [0.05, 0.1) is 6.10 Å². The van der Waals surface area contributed by atoms with Crippen LogP contribution < -0.4 is 0 Å². The van der Waals surface area contributed by atoms with E-state index in [0.717, 1.165) is 30.6 Å². The predicted octanol–water partition coefficient (Wildman–Crippen LogP) is 6.28. The molecule has 0 aromatic rings. The lowest BCUT2D eigenvalue weighted by Crippen LogP contribution is -2.46. The number of hydrogen-bond acceptors (Lipinski definition) is 1. The topological polar surface area (TPSA) is 20.2 Å². The van der Waals surface area contributed by atoms with E-state index in [1.54, 1.807) is 5.57 Å². The molecule has 1 heteroatoms. The lowest BCUT2D eigenvalue weighted by molar-refractivity contribution is -0.00322. The minimum atomic E-state index is -0.0726. The third-order valence-corrected chi connectivity index (χ3v) is 9.01. The van der Waals surface area contributed by atoms with E-state index >= 15 is 0 Å². The Morgan fingerprint density at radius 2 is 2.00 bits per heavy atom. The first-order valence-corrected chi connectivity index (χ1v) is 11.0. The average molecular weight is 343 g/mol. The summed E-state index contributed by atoms with van der Waals surface area (Å²) in [6.07, 6.45) is 16.4. The molecule has 2 fully saturated rings. The molecule has 140 valence electrons. The Labute approximate surface area is 155 Å². The summed E-state index contributed by atoms with van der Waals surface area (Å²) < 4.78 is 0. The first kappa shape index (κ1) is 17.8. The Morgan fingerprint density at radius 3 is 2.76 bits per heavy atom. The van der Waals surface area contributed by atoms with Crippen molar-refractivity contribution >= 4 is 0 Å². The van der Waals surface area contributed by atoms with E-state index in [4.69, 9.17) is 0 Å². The van der Waals surface area contributed by atoms with Crippen LogP contribution in [0, 0.1) is 34.5 Å². The number of aliphatic hydroxyl groups is 1. The highest BCUT2D eigenvalue weighted by Crippen LogP contribution is 2.64. The largest absolute Gasteiger partial charge is 0.393 e. The van der Waals surface area contributed by atoms with Gasteiger partial charge >= 0.3 is 0 Å². The van der Waals surface area contributed by atoms with Crippen molar-refractivity contribution in [2.75, 3.05) is 0 Å². The van der Waals surface area contributed by atoms with Crippen LogP contribution in [0.4, 0.5) is 0 Å². The van der Waals surface area contributed by atoms with Gasteiger partial charge in [-0.3, -0.25) is 0 Å². The Kier molecular flexibility index (Phi) is 4.46. The van der Waals surface area contributed by atoms with Crippen molar-refractivity contribution in [3.63, 3.8) is 0 Å². The van der Waals surface area contributed by atoms with E-state index in [-0.39, 0.29) is 6.10 Å². The van der Waals surface area contributed by atoms with Gasteiger partial charge in [-0.25, -0.2) is 0 Å². The van der Waals surface area contributed by atoms with E-state index in [1.807, 2.05) is 5.57 Å². The van der Waals surface area contributed by atoms with Crippen LogP contribution in [0.2, 0.25) is 0 Å². The molecular formula is C24H38O. The summed E-state index contributed by atoms with van der Waals surface area (Å²) in [6, 6.07) is 0. The Morgan fingerprint density at radius 1 is 1.20 bits per heavy atom. The maximum atomic E-state index is 10.2. The molecule has 25 heavy (non-hydrogen) atoms. The standard InChI is InChI=1S/C24H38O/c1-5-6-16(2)20-9-10-21-19-8-7-17-15-18(25)11-13-23(17,3)22(19)12-14-24(20,21)4/h7-8,16-18,20,22,25H,5-6,9-15H2,1-4H3/t16-,17?,18?,20-,22+,23+,24-/m1/s1. The highest BCUT2D eigenvalue weighted by molar-refractivity contribution is 5.42. The van der Waals surface area contributed by atoms with E-state index < -0.39 is 0 Å². The fraction of sp³-hybridized carbons (Fsp3) is 0.833. The molecule has 1 N–H and O–H groups in total. The van der Waals surface area contributed by atoms with Crippen molar-refractivity contribution < 1.29 is 5.11 Å². The molecule has 4 rings (SSSR count). The third-order valence-electron chi connectivity index (χ3n) is 9.01. The molecule has 0 aromatic carbocycles. The highest BCUT2D eigenvalue weighted by atomic mass is 16.3. The van der Waals surface area contributed by atoms with Gasteiger partial charge < -0.3 is 5.11 Å². The SMILES string of the molecule is CCC[C@@H](C)[C@H]1CCC2=C3C=CC4CC(O)CC[C@]4(C)[C@H]3CC[C@@]21C. The van der Waals surface area contributed by atoms with E-state index in [2.05, 4.69) is 39.8 Å². The van der Waals surface area contributed by atoms with Gasteiger partial charge in [-0.15, -0.1) is 0 Å². The van der Waals surface area contributed by atoms with Crippen molar-refractivity contribution in [2.24, 2.45) is 34.5 Å². The molecule has 2 unspecified atom stereocenters. The second-order valence-corrected chi connectivity index (χ2v) is 10.3. The minimum absolute atomic E-state index is 0.0726. The molecule has 0 radical (unpaired) electrons. The van der Waals surface area contributed by atoms with Crippen LogP contribution in [-0.2, 0) is 0 Å². The minimum Gasteiger partial charge on any atom is -0.393 e. The molecule has 0 aromatic heterocycles. The predicted molar refractivity (Wildman–Crippen MR) is 105 cm³/mol. The summed E-state index contributed by atoms with van der Waals surface area (Å²) in [7, 11) is 0. The fourth-order valence-electron chi connectivity index (χ4n) is 7.51. The summed E-state index contributed by atoms with van der Waals surface area (Å²) in [5.41, 5.74) is 4.42. The zero-order chi connectivity index (χ0) is 17.8. The quantitative estimate of drug-likeness (QED) is 0.639. The monoisotopic (exact) mass is 342 g/mol. The number of allylic oxidation sites excluding steroid dienone is 4. The van der Waals surface area contributed by atoms with E-state index in [9.17, 15) is 5.11 Å². The van der Waals surface area contributed by atoms with Crippen molar-refractivity contribution in [1.82, 2.24) is 0 Å². The average Bonchev–Trinajstić information content (AvgIpc) is 2.93. The smallest absolute Gasteiger partial charge is 0.0546 e. The molecule has 7 atom stereocenters. The molecule has 0 bridgehead atoms. The second-order valence-electron chi connectivity index (χ2n) is 10.3. The molecule has 4 aliphatic rings. The van der Waals surface area contributed by atoms with Crippen molar-refractivity contribution in [1.29, 1.82) is 0 Å². The molecule has 0 spiro atoms. The number of fused-ring (bicyclic) bond motifs is 4. The van der Waals surface area contributed by atoms with Crippen LogP contribution in [0.1, 0.15) is 85.5 Å². The normalized spacial score (nSPS) is 47.2. The first-order chi connectivity index (χ1) is 11.9. The van der Waals surface area contributed by atoms with Crippen LogP contribution in [0.15, 0.2) is 23.3 Å². The van der Waals surface area contributed by atoms with Crippen molar-refractivity contribution in [3.05, 3.63) is 23.3 Å². The van der Waals surface area contributed by atoms with E-state index in [0.29, 0.717) is 16.7 Å². The Hall–Kier alpha value is -0.560. The van der Waals surface area contributed by atoms with E-state index in [1.165, 1.54) is 44.9 Å². The maximum Gasteiger partial charge on any atom is 0.0546 e. The van der Waals surface area contributed by atoms with Gasteiger partial charge in [-0.05, 0) is 85.0 Å². The summed E-state index contributed by atoms with van der Waals surface area (Å²) in [4.78, 5) is 0. The number of hydrogen-bond donors (Lipinski definition) is 1. The third kappa shape index (κ3) is 2.59. The summed E-state index contributed by atoms with van der Waals surface area (Å²) >= 11 is 0. The van der Waals surface area contributed by atoms with Gasteiger partial charge in [0.15, 0.2) is 0 Å². The van der Waals surface area contributed by atoms with Crippen LogP contribution in [-0.4, -0.2) is 11.2 Å². The maximum absolute atomic E-state index is 10.2. The molecule has 2 saturated carbocycles. The van der Waals surface area contributed by atoms with Gasteiger partial charge in [0.25, 0.3) is 0 Å². The van der Waals surface area contributed by atoms with Crippen molar-refractivity contribution in [2.45, 2.75) is 91.6 Å². The van der Waals surface area contributed by atoms with Crippen LogP contribution in [0.25, 0.3) is 0 Å². The summed E-state index contributed by atoms with van der Waals surface area (Å²) in [5, 5.41) is 10.2. The molecule has 0 amide bonds. The zero-order valence-corrected chi connectivity index (χ0v) is 16.9. The lowest BCUT2D eigenvalue weighted by atomic mass is 9.50. The fourth-order valence-corrected chi connectivity index (χ4v) is 7.51. The van der Waals surface area contributed by atoms with Crippen LogP contribution in [0.3, 0.4) is 0 Å². The van der Waals surface area contributed by atoms with Gasteiger partial charge in [0, 0.05) is 0 Å². The van der Waals surface area contributed by atoms with Crippen molar-refractivity contribution in [3.8, 4) is 0 Å². The number of rotatable bonds is 3. The highest BCUT2D eigenvalue weighted by Gasteiger charge is 2.54. The molecule has 0 heterocycles. The Bertz CT molecular complexity index is 587. The van der Waals surface area contributed by atoms with Gasteiger partial charge in [-0.1, -0.05) is 58.3 Å². The number of aliphatic hydroxyl groups excluding tert-OH is 1. The van der Waals surface area contributed by atoms with Crippen LogP contribution in [0.5, 0.6) is 0 Å². The first-order valence-electron chi connectivity index (χ1n) is 11.0. The Balaban J connectivity index is 1.70. The van der Waals surface area contributed by atoms with Gasteiger partial charge in [0.1, 0.15) is 0 Å². The molecule has 4 aliphatic carbocycles. The lowest BCUT2D eigenvalue weighted by Gasteiger charge is -2.54. The summed E-state index contributed by atoms with van der Waals surface area (Å²) in [6.45, 7) is 9.98. The molecule has 0 aliphatic heterocycles. The molecular weight excluding hydrogens is 304 g/mol. The van der Waals surface area contributed by atoms with Crippen LogP contribution >= 0.6 is 0 Å². The zero-order valence-electron chi connectivity index (χ0n) is 16.9. The van der Waals surface area contributed by atoms with Gasteiger partial charge in [-0.2, -0.15) is 0 Å². The molecule has 0 saturated heterocycles. The molecule has 1 nitrogen and oxygen atoms in total. The second kappa shape index (κ2) is 6.25. The summed E-state index contributed by atoms with van der Waals surface area (Å²) in [5.74, 6) is 3.10. The van der Waals surface area contributed by atoms with Gasteiger partial charge in [0.2, 0.25) is 0 Å².